The summed E-state index contributed by atoms with van der Waals surface area (Å²) < 4.78 is 0. The lowest BCUT2D eigenvalue weighted by atomic mass is 10.1. The van der Waals surface area contributed by atoms with E-state index >= 15 is 0 Å². The number of aryl methyl sites for hydroxylation is 1. The summed E-state index contributed by atoms with van der Waals surface area (Å²) in [6, 6.07) is 9.62. The molecule has 88 valence electrons. The van der Waals surface area contributed by atoms with Gasteiger partial charge in [0.25, 0.3) is 0 Å². The standard InChI is InChI=1S/C9H10O2.C4H9N/c10-9(11)7-6-8-4-2-1-3-5-8;1-2-4-5-3-1/h1-5H,6-7H2,(H,10,11);5H,1-4H2. The number of rotatable bonds is 3. The summed E-state index contributed by atoms with van der Waals surface area (Å²) in [5.74, 6) is -0.742. The molecule has 0 radical (unpaired) electrons. The number of benzene rings is 1. The summed E-state index contributed by atoms with van der Waals surface area (Å²) in [5.41, 5.74) is 1.08. The Hall–Kier alpha value is -1.35. The lowest BCUT2D eigenvalue weighted by Crippen LogP contribution is -2.03. The molecule has 1 saturated heterocycles. The molecule has 0 atom stereocenters. The van der Waals surface area contributed by atoms with Crippen molar-refractivity contribution < 1.29 is 9.90 Å². The summed E-state index contributed by atoms with van der Waals surface area (Å²) in [6.45, 7) is 2.50. The average Bonchev–Trinajstić information content (AvgIpc) is 2.86. The van der Waals surface area contributed by atoms with Gasteiger partial charge in [-0.1, -0.05) is 30.3 Å². The molecule has 2 rings (SSSR count). The molecule has 1 aliphatic rings. The number of nitrogens with one attached hydrogen (secondary N) is 1. The number of carboxylic acids is 1. The lowest BCUT2D eigenvalue weighted by Gasteiger charge is -1.95. The highest BCUT2D eigenvalue weighted by atomic mass is 16.4. The van der Waals surface area contributed by atoms with Gasteiger partial charge in [0.15, 0.2) is 0 Å². The highest BCUT2D eigenvalue weighted by Gasteiger charge is 1.96. The lowest BCUT2D eigenvalue weighted by molar-refractivity contribution is -0.136. The van der Waals surface area contributed by atoms with E-state index in [4.69, 9.17) is 5.11 Å². The van der Waals surface area contributed by atoms with Crippen molar-refractivity contribution in [2.75, 3.05) is 13.1 Å². The Morgan fingerprint density at radius 1 is 1.19 bits per heavy atom. The first-order chi connectivity index (χ1) is 7.79. The van der Waals surface area contributed by atoms with Gasteiger partial charge in [0.1, 0.15) is 0 Å². The fourth-order valence-corrected chi connectivity index (χ4v) is 1.52. The van der Waals surface area contributed by atoms with Gasteiger partial charge >= 0.3 is 5.97 Å². The third kappa shape index (κ3) is 6.19. The molecule has 0 aliphatic carbocycles. The Morgan fingerprint density at radius 3 is 2.25 bits per heavy atom. The molecule has 0 bridgehead atoms. The Labute approximate surface area is 96.5 Å². The predicted octanol–water partition coefficient (Wildman–Crippen LogP) is 2.07. The van der Waals surface area contributed by atoms with Gasteiger partial charge in [-0.05, 0) is 37.9 Å². The van der Waals surface area contributed by atoms with Gasteiger partial charge in [0.2, 0.25) is 0 Å². The molecule has 1 aromatic carbocycles. The summed E-state index contributed by atoms with van der Waals surface area (Å²) in [5, 5.41) is 11.6. The first-order valence-electron chi connectivity index (χ1n) is 5.75. The number of hydrogen-bond acceptors (Lipinski definition) is 2. The predicted molar refractivity (Wildman–Crippen MR) is 64.5 cm³/mol. The summed E-state index contributed by atoms with van der Waals surface area (Å²) in [4.78, 5) is 10.2. The van der Waals surface area contributed by atoms with Crippen LogP contribution in [-0.4, -0.2) is 24.2 Å². The maximum atomic E-state index is 10.2. The third-order valence-electron chi connectivity index (χ3n) is 2.43. The van der Waals surface area contributed by atoms with Gasteiger partial charge < -0.3 is 10.4 Å². The van der Waals surface area contributed by atoms with Gasteiger partial charge in [0, 0.05) is 6.42 Å². The van der Waals surface area contributed by atoms with Gasteiger partial charge in [-0.25, -0.2) is 0 Å². The summed E-state index contributed by atoms with van der Waals surface area (Å²) >= 11 is 0. The smallest absolute Gasteiger partial charge is 0.303 e. The molecule has 0 amide bonds. The van der Waals surface area contributed by atoms with E-state index in [0.29, 0.717) is 6.42 Å². The maximum absolute atomic E-state index is 10.2. The molecule has 3 nitrogen and oxygen atoms in total. The minimum absolute atomic E-state index is 0.212. The minimum Gasteiger partial charge on any atom is -0.481 e. The van der Waals surface area contributed by atoms with Crippen LogP contribution in [0.2, 0.25) is 0 Å². The minimum atomic E-state index is -0.742. The van der Waals surface area contributed by atoms with Crippen LogP contribution in [0.25, 0.3) is 0 Å². The van der Waals surface area contributed by atoms with Gasteiger partial charge in [-0.3, -0.25) is 4.79 Å². The summed E-state index contributed by atoms with van der Waals surface area (Å²) in [6.07, 6.45) is 3.61. The molecule has 0 spiro atoms. The Kier molecular flexibility index (Phi) is 6.26. The van der Waals surface area contributed by atoms with Crippen LogP contribution in [0.4, 0.5) is 0 Å². The van der Waals surface area contributed by atoms with Crippen molar-refractivity contribution in [3.63, 3.8) is 0 Å². The van der Waals surface area contributed by atoms with Gasteiger partial charge in [-0.2, -0.15) is 0 Å². The Morgan fingerprint density at radius 2 is 1.81 bits per heavy atom. The second-order valence-corrected chi connectivity index (χ2v) is 3.84. The fourth-order valence-electron chi connectivity index (χ4n) is 1.52. The Bertz CT molecular complexity index is 286. The second kappa shape index (κ2) is 7.88. The van der Waals surface area contributed by atoms with Crippen LogP contribution in [-0.2, 0) is 11.2 Å². The van der Waals surface area contributed by atoms with Crippen molar-refractivity contribution in [3.8, 4) is 0 Å². The maximum Gasteiger partial charge on any atom is 0.303 e. The van der Waals surface area contributed by atoms with Crippen LogP contribution in [0.5, 0.6) is 0 Å². The van der Waals surface area contributed by atoms with Crippen LogP contribution < -0.4 is 5.32 Å². The highest BCUT2D eigenvalue weighted by Crippen LogP contribution is 2.01. The van der Waals surface area contributed by atoms with E-state index < -0.39 is 5.97 Å². The van der Waals surface area contributed by atoms with E-state index in [1.165, 1.54) is 25.9 Å². The van der Waals surface area contributed by atoms with Crippen LogP contribution >= 0.6 is 0 Å². The first-order valence-corrected chi connectivity index (χ1v) is 5.75. The molecule has 1 fully saturated rings. The number of aliphatic carboxylic acids is 1. The van der Waals surface area contributed by atoms with E-state index in [-0.39, 0.29) is 6.42 Å². The van der Waals surface area contributed by atoms with Crippen LogP contribution in [0.15, 0.2) is 30.3 Å². The van der Waals surface area contributed by atoms with E-state index in [0.717, 1.165) is 5.56 Å². The van der Waals surface area contributed by atoms with Crippen LogP contribution in [0.3, 0.4) is 0 Å². The third-order valence-corrected chi connectivity index (χ3v) is 2.43. The number of carboxylic acid groups (broad SMARTS) is 1. The van der Waals surface area contributed by atoms with Crippen molar-refractivity contribution >= 4 is 5.97 Å². The zero-order chi connectivity index (χ0) is 11.6. The highest BCUT2D eigenvalue weighted by molar-refractivity contribution is 5.67. The molecule has 1 aliphatic heterocycles. The molecule has 16 heavy (non-hydrogen) atoms. The zero-order valence-corrected chi connectivity index (χ0v) is 9.48. The topological polar surface area (TPSA) is 49.3 Å². The molecule has 3 heteroatoms. The molecule has 2 N–H and O–H groups in total. The fraction of sp³-hybridized carbons (Fsp3) is 0.462. The largest absolute Gasteiger partial charge is 0.481 e. The normalized spacial score (nSPS) is 14.0. The molecular weight excluding hydrogens is 202 g/mol. The van der Waals surface area contributed by atoms with Crippen molar-refractivity contribution in [2.45, 2.75) is 25.7 Å². The molecular formula is C13H19NO2. The van der Waals surface area contributed by atoms with E-state index in [9.17, 15) is 4.79 Å². The van der Waals surface area contributed by atoms with E-state index in [1.54, 1.807) is 0 Å². The zero-order valence-electron chi connectivity index (χ0n) is 9.48. The monoisotopic (exact) mass is 221 g/mol. The number of carbonyl (C=O) groups is 1. The average molecular weight is 221 g/mol. The SMILES string of the molecule is C1CCNC1.O=C(O)CCc1ccccc1. The van der Waals surface area contributed by atoms with Crippen molar-refractivity contribution in [2.24, 2.45) is 0 Å². The molecule has 1 aromatic rings. The molecule has 0 saturated carbocycles. The number of hydrogen-bond donors (Lipinski definition) is 2. The Balaban J connectivity index is 0.000000212. The van der Waals surface area contributed by atoms with Crippen molar-refractivity contribution in [3.05, 3.63) is 35.9 Å². The van der Waals surface area contributed by atoms with Gasteiger partial charge in [-0.15, -0.1) is 0 Å². The van der Waals surface area contributed by atoms with Gasteiger partial charge in [0.05, 0.1) is 0 Å². The van der Waals surface area contributed by atoms with E-state index in [1.807, 2.05) is 30.3 Å². The quantitative estimate of drug-likeness (QED) is 0.821. The second-order valence-electron chi connectivity index (χ2n) is 3.84. The summed E-state index contributed by atoms with van der Waals surface area (Å²) in [7, 11) is 0. The van der Waals surface area contributed by atoms with E-state index in [2.05, 4.69) is 5.32 Å². The van der Waals surface area contributed by atoms with Crippen LogP contribution in [0, 0.1) is 0 Å². The van der Waals surface area contributed by atoms with Crippen molar-refractivity contribution in [1.29, 1.82) is 0 Å². The van der Waals surface area contributed by atoms with Crippen LogP contribution in [0.1, 0.15) is 24.8 Å². The molecule has 0 aromatic heterocycles. The molecule has 1 heterocycles. The molecule has 0 unspecified atom stereocenters. The van der Waals surface area contributed by atoms with Crippen molar-refractivity contribution in [1.82, 2.24) is 5.32 Å². The first kappa shape index (κ1) is 12.7.